The fourth-order valence-corrected chi connectivity index (χ4v) is 2.03. The van der Waals surface area contributed by atoms with Crippen LogP contribution in [0.15, 0.2) is 48.5 Å². The van der Waals surface area contributed by atoms with Crippen molar-refractivity contribution in [3.8, 4) is 0 Å². The second-order valence-corrected chi connectivity index (χ2v) is 5.03. The summed E-state index contributed by atoms with van der Waals surface area (Å²) in [6.07, 6.45) is 0.878. The van der Waals surface area contributed by atoms with Crippen LogP contribution in [0.1, 0.15) is 28.4 Å². The van der Waals surface area contributed by atoms with E-state index in [0.717, 1.165) is 12.0 Å². The van der Waals surface area contributed by atoms with Gasteiger partial charge in [0.05, 0.1) is 12.2 Å². The topological polar surface area (TPSA) is 75.6 Å². The molecule has 1 amide bonds. The van der Waals surface area contributed by atoms with Gasteiger partial charge >= 0.3 is 5.97 Å². The summed E-state index contributed by atoms with van der Waals surface area (Å²) in [5.74, 6) is -0.967. The van der Waals surface area contributed by atoms with Gasteiger partial charge in [0, 0.05) is 5.69 Å². The van der Waals surface area contributed by atoms with Gasteiger partial charge in [-0.15, -0.1) is 0 Å². The molecule has 0 aliphatic rings. The number of carbonyl (C=O) groups is 2. The number of anilines is 1. The van der Waals surface area contributed by atoms with Crippen molar-refractivity contribution >= 4 is 17.6 Å². The van der Waals surface area contributed by atoms with Gasteiger partial charge in [-0.3, -0.25) is 4.79 Å². The van der Waals surface area contributed by atoms with E-state index in [-0.39, 0.29) is 13.2 Å². The molecule has 0 fully saturated rings. The van der Waals surface area contributed by atoms with Crippen molar-refractivity contribution in [1.82, 2.24) is 0 Å². The van der Waals surface area contributed by atoms with Crippen LogP contribution in [0.3, 0.4) is 0 Å². The van der Waals surface area contributed by atoms with E-state index in [1.54, 1.807) is 30.3 Å². The number of aryl methyl sites for hydroxylation is 1. The van der Waals surface area contributed by atoms with E-state index in [9.17, 15) is 9.59 Å². The Morgan fingerprint density at radius 3 is 2.48 bits per heavy atom. The average Bonchev–Trinajstić information content (AvgIpc) is 2.60. The number of nitrogens with one attached hydrogen (secondary N) is 1. The zero-order valence-electron chi connectivity index (χ0n) is 12.9. The number of carbonyl (C=O) groups excluding carboxylic acids is 2. The van der Waals surface area contributed by atoms with Crippen molar-refractivity contribution in [2.45, 2.75) is 20.0 Å². The average molecular weight is 313 g/mol. The molecule has 0 radical (unpaired) electrons. The molecule has 0 unspecified atom stereocenters. The maximum atomic E-state index is 11.8. The lowest BCUT2D eigenvalue weighted by Crippen LogP contribution is -2.21. The Balaban J connectivity index is 1.86. The van der Waals surface area contributed by atoms with Gasteiger partial charge in [0.25, 0.3) is 5.91 Å². The maximum Gasteiger partial charge on any atom is 0.338 e. The minimum absolute atomic E-state index is 0.0887. The molecule has 23 heavy (non-hydrogen) atoms. The van der Waals surface area contributed by atoms with Crippen molar-refractivity contribution < 1.29 is 19.4 Å². The van der Waals surface area contributed by atoms with Crippen LogP contribution in [0.25, 0.3) is 0 Å². The normalized spacial score (nSPS) is 10.2. The van der Waals surface area contributed by atoms with Gasteiger partial charge in [-0.1, -0.05) is 31.2 Å². The minimum Gasteiger partial charge on any atom is -0.452 e. The van der Waals surface area contributed by atoms with Crippen LogP contribution in [0.4, 0.5) is 5.69 Å². The van der Waals surface area contributed by atoms with Crippen LogP contribution >= 0.6 is 0 Å². The third-order valence-corrected chi connectivity index (χ3v) is 3.33. The predicted octanol–water partition coefficient (Wildman–Crippen LogP) is 2.54. The van der Waals surface area contributed by atoms with Crippen molar-refractivity contribution in [2.24, 2.45) is 0 Å². The SMILES string of the molecule is CCc1cccc(NC(=O)COC(=O)c2ccc(CO)cc2)c1. The van der Waals surface area contributed by atoms with Gasteiger partial charge in [-0.2, -0.15) is 0 Å². The van der Waals surface area contributed by atoms with Crippen LogP contribution in [0, 0.1) is 0 Å². The standard InChI is InChI=1S/C18H19NO4/c1-2-13-4-3-5-16(10-13)19-17(21)12-23-18(22)15-8-6-14(11-20)7-9-15/h3-10,20H,2,11-12H2,1H3,(H,19,21). The van der Waals surface area contributed by atoms with Crippen molar-refractivity contribution in [3.63, 3.8) is 0 Å². The van der Waals surface area contributed by atoms with E-state index in [2.05, 4.69) is 5.32 Å². The first-order chi connectivity index (χ1) is 11.1. The minimum atomic E-state index is -0.577. The monoisotopic (exact) mass is 313 g/mol. The molecular weight excluding hydrogens is 294 g/mol. The first-order valence-electron chi connectivity index (χ1n) is 7.38. The fraction of sp³-hybridized carbons (Fsp3) is 0.222. The van der Waals surface area contributed by atoms with Crippen LogP contribution in [-0.4, -0.2) is 23.6 Å². The largest absolute Gasteiger partial charge is 0.452 e. The quantitative estimate of drug-likeness (QED) is 0.804. The molecule has 120 valence electrons. The number of amides is 1. The van der Waals surface area contributed by atoms with Gasteiger partial charge in [0.1, 0.15) is 0 Å². The number of hydrogen-bond donors (Lipinski definition) is 2. The Morgan fingerprint density at radius 2 is 1.83 bits per heavy atom. The number of hydrogen-bond acceptors (Lipinski definition) is 4. The lowest BCUT2D eigenvalue weighted by Gasteiger charge is -2.08. The van der Waals surface area contributed by atoms with Gasteiger partial charge in [-0.25, -0.2) is 4.79 Å². The molecular formula is C18H19NO4. The highest BCUT2D eigenvalue weighted by Gasteiger charge is 2.10. The van der Waals surface area contributed by atoms with E-state index >= 15 is 0 Å². The van der Waals surface area contributed by atoms with E-state index in [1.807, 2.05) is 25.1 Å². The molecule has 2 rings (SSSR count). The van der Waals surface area contributed by atoms with Crippen LogP contribution in [-0.2, 0) is 22.6 Å². The molecule has 2 aromatic carbocycles. The molecule has 5 heteroatoms. The summed E-state index contributed by atoms with van der Waals surface area (Å²) in [6.45, 7) is 1.59. The van der Waals surface area contributed by atoms with E-state index in [0.29, 0.717) is 16.8 Å². The first kappa shape index (κ1) is 16.7. The van der Waals surface area contributed by atoms with Crippen molar-refractivity contribution in [3.05, 3.63) is 65.2 Å². The number of ether oxygens (including phenoxy) is 1. The lowest BCUT2D eigenvalue weighted by molar-refractivity contribution is -0.119. The van der Waals surface area contributed by atoms with Crippen molar-refractivity contribution in [1.29, 1.82) is 0 Å². The highest BCUT2D eigenvalue weighted by atomic mass is 16.5. The molecule has 0 saturated carbocycles. The zero-order chi connectivity index (χ0) is 16.7. The van der Waals surface area contributed by atoms with E-state index in [1.165, 1.54) is 0 Å². The molecule has 0 atom stereocenters. The summed E-state index contributed by atoms with van der Waals surface area (Å²) in [5.41, 5.74) is 2.83. The van der Waals surface area contributed by atoms with Gasteiger partial charge in [0.15, 0.2) is 6.61 Å². The Kier molecular flexibility index (Phi) is 5.88. The summed E-state index contributed by atoms with van der Waals surface area (Å²) in [7, 11) is 0. The van der Waals surface area contributed by atoms with E-state index in [4.69, 9.17) is 9.84 Å². The third kappa shape index (κ3) is 4.93. The smallest absolute Gasteiger partial charge is 0.338 e. The molecule has 5 nitrogen and oxygen atoms in total. The first-order valence-corrected chi connectivity index (χ1v) is 7.38. The predicted molar refractivity (Wildman–Crippen MR) is 87.1 cm³/mol. The Bertz CT molecular complexity index is 680. The number of aliphatic hydroxyl groups excluding tert-OH is 1. The summed E-state index contributed by atoms with van der Waals surface area (Å²) in [4.78, 5) is 23.7. The second-order valence-electron chi connectivity index (χ2n) is 5.03. The maximum absolute atomic E-state index is 11.8. The molecule has 0 aliphatic carbocycles. The fourth-order valence-electron chi connectivity index (χ4n) is 2.03. The van der Waals surface area contributed by atoms with Gasteiger partial charge in [-0.05, 0) is 41.8 Å². The Hall–Kier alpha value is -2.66. The van der Waals surface area contributed by atoms with E-state index < -0.39 is 11.9 Å². The Morgan fingerprint density at radius 1 is 1.09 bits per heavy atom. The molecule has 0 spiro atoms. The summed E-state index contributed by atoms with van der Waals surface area (Å²) < 4.78 is 4.98. The molecule has 2 N–H and O–H groups in total. The lowest BCUT2D eigenvalue weighted by atomic mass is 10.1. The van der Waals surface area contributed by atoms with Crippen LogP contribution in [0.5, 0.6) is 0 Å². The number of rotatable bonds is 6. The zero-order valence-corrected chi connectivity index (χ0v) is 12.9. The van der Waals surface area contributed by atoms with Crippen LogP contribution < -0.4 is 5.32 Å². The highest BCUT2D eigenvalue weighted by molar-refractivity contribution is 5.95. The van der Waals surface area contributed by atoms with Crippen LogP contribution in [0.2, 0.25) is 0 Å². The number of benzene rings is 2. The second kappa shape index (κ2) is 8.10. The summed E-state index contributed by atoms with van der Waals surface area (Å²) >= 11 is 0. The number of aliphatic hydroxyl groups is 1. The third-order valence-electron chi connectivity index (χ3n) is 3.33. The molecule has 0 heterocycles. The molecule has 0 aliphatic heterocycles. The van der Waals surface area contributed by atoms with Gasteiger partial charge < -0.3 is 15.2 Å². The highest BCUT2D eigenvalue weighted by Crippen LogP contribution is 2.11. The Labute approximate surface area is 134 Å². The molecule has 2 aromatic rings. The molecule has 0 bridgehead atoms. The number of esters is 1. The molecule has 0 saturated heterocycles. The summed E-state index contributed by atoms with van der Waals surface area (Å²) in [6, 6.07) is 13.9. The summed E-state index contributed by atoms with van der Waals surface area (Å²) in [5, 5.41) is 11.6. The molecule has 0 aromatic heterocycles. The van der Waals surface area contributed by atoms with Gasteiger partial charge in [0.2, 0.25) is 0 Å². The van der Waals surface area contributed by atoms with Crippen molar-refractivity contribution in [2.75, 3.05) is 11.9 Å².